The van der Waals surface area contributed by atoms with Crippen molar-refractivity contribution >= 4 is 35.2 Å². The predicted molar refractivity (Wildman–Crippen MR) is 84.7 cm³/mol. The van der Waals surface area contributed by atoms with Crippen LogP contribution in [0.15, 0.2) is 17.2 Å². The molecule has 23 heavy (non-hydrogen) atoms. The number of carbonyl (C=O) groups is 1. The van der Waals surface area contributed by atoms with Crippen LogP contribution in [0.25, 0.3) is 0 Å². The third kappa shape index (κ3) is 5.39. The van der Waals surface area contributed by atoms with Crippen LogP contribution in [-0.4, -0.2) is 43.0 Å². The van der Waals surface area contributed by atoms with Gasteiger partial charge in [0.1, 0.15) is 0 Å². The van der Waals surface area contributed by atoms with Crippen LogP contribution in [0, 0.1) is 10.1 Å². The lowest BCUT2D eigenvalue weighted by atomic mass is 10.1. The molecule has 0 saturated carbocycles. The van der Waals surface area contributed by atoms with Crippen LogP contribution in [-0.2, 0) is 9.53 Å². The molecule has 3 N–H and O–H groups in total. The number of nitrogens with two attached hydrogens (primary N) is 1. The highest BCUT2D eigenvalue weighted by atomic mass is 32.1. The van der Waals surface area contributed by atoms with E-state index in [0.717, 1.165) is 12.3 Å². The maximum absolute atomic E-state index is 11.1. The van der Waals surface area contributed by atoms with E-state index < -0.39 is 17.5 Å². The average molecular weight is 342 g/mol. The molecule has 0 saturated heterocycles. The minimum atomic E-state index is -0.638. The van der Waals surface area contributed by atoms with E-state index in [4.69, 9.17) is 15.2 Å². The van der Waals surface area contributed by atoms with Crippen molar-refractivity contribution in [1.29, 1.82) is 0 Å². The molecule has 0 unspecified atom stereocenters. The normalized spacial score (nSPS) is 10.2. The molecule has 0 aliphatic carbocycles. The van der Waals surface area contributed by atoms with E-state index in [9.17, 15) is 14.9 Å². The standard InChI is InChI=1S/C12H14N4O6S/c1-20-9-3-7(5-14-15-12(13)23)8(16(18)19)4-10(9)22-6-11(17)21-2/h3-5H,6H2,1-2H3,(H3,13,15,23). The molecule has 0 spiro atoms. The lowest BCUT2D eigenvalue weighted by Crippen LogP contribution is -2.24. The monoisotopic (exact) mass is 342 g/mol. The van der Waals surface area contributed by atoms with E-state index in [1.807, 2.05) is 0 Å². The zero-order chi connectivity index (χ0) is 17.4. The average Bonchev–Trinajstić information content (AvgIpc) is 2.51. The number of nitro groups is 1. The second kappa shape index (κ2) is 8.48. The molecule has 0 bridgehead atoms. The Bertz CT molecular complexity index is 649. The van der Waals surface area contributed by atoms with Crippen LogP contribution in [0.2, 0.25) is 0 Å². The number of nitrogens with one attached hydrogen (secondary N) is 1. The maximum Gasteiger partial charge on any atom is 0.343 e. The number of rotatable bonds is 7. The summed E-state index contributed by atoms with van der Waals surface area (Å²) in [6.45, 7) is -0.416. The lowest BCUT2D eigenvalue weighted by Gasteiger charge is -2.10. The lowest BCUT2D eigenvalue weighted by molar-refractivity contribution is -0.385. The number of thiocarbonyl (C=S) groups is 1. The van der Waals surface area contributed by atoms with Crippen molar-refractivity contribution < 1.29 is 23.9 Å². The van der Waals surface area contributed by atoms with Gasteiger partial charge >= 0.3 is 5.97 Å². The fourth-order valence-corrected chi connectivity index (χ4v) is 1.51. The van der Waals surface area contributed by atoms with Gasteiger partial charge in [-0.15, -0.1) is 0 Å². The second-order valence-corrected chi connectivity index (χ2v) is 4.36. The van der Waals surface area contributed by atoms with Crippen LogP contribution in [0.3, 0.4) is 0 Å². The number of hydrogen-bond donors (Lipinski definition) is 2. The van der Waals surface area contributed by atoms with E-state index in [0.29, 0.717) is 0 Å². The third-order valence-corrected chi connectivity index (χ3v) is 2.55. The number of nitro benzene ring substituents is 1. The summed E-state index contributed by atoms with van der Waals surface area (Å²) in [5, 5.41) is 14.7. The first-order chi connectivity index (χ1) is 10.9. The summed E-state index contributed by atoms with van der Waals surface area (Å²) in [4.78, 5) is 21.6. The topological polar surface area (TPSA) is 138 Å². The molecule has 0 atom stereocenters. The molecule has 0 fully saturated rings. The van der Waals surface area contributed by atoms with Gasteiger partial charge in [-0.25, -0.2) is 4.79 Å². The highest BCUT2D eigenvalue weighted by Gasteiger charge is 2.19. The number of carbonyl (C=O) groups excluding carboxylic acids is 1. The molecule has 0 amide bonds. The van der Waals surface area contributed by atoms with Gasteiger partial charge in [0.25, 0.3) is 5.69 Å². The van der Waals surface area contributed by atoms with Crippen molar-refractivity contribution in [3.05, 3.63) is 27.8 Å². The zero-order valence-corrected chi connectivity index (χ0v) is 13.1. The van der Waals surface area contributed by atoms with Gasteiger partial charge in [-0.1, -0.05) is 0 Å². The Morgan fingerprint density at radius 3 is 2.70 bits per heavy atom. The van der Waals surface area contributed by atoms with Crippen LogP contribution < -0.4 is 20.6 Å². The quantitative estimate of drug-likeness (QED) is 0.236. The number of ether oxygens (including phenoxy) is 3. The molecule has 10 nitrogen and oxygen atoms in total. The second-order valence-electron chi connectivity index (χ2n) is 3.92. The first kappa shape index (κ1) is 18.1. The highest BCUT2D eigenvalue weighted by Crippen LogP contribution is 2.34. The van der Waals surface area contributed by atoms with Gasteiger partial charge < -0.3 is 19.9 Å². The SMILES string of the molecule is COC(=O)COc1cc([N+](=O)[O-])c(C=NNC(N)=S)cc1OC. The minimum absolute atomic E-state index is 0.0176. The first-order valence-corrected chi connectivity index (χ1v) is 6.44. The van der Waals surface area contributed by atoms with Crippen LogP contribution in [0.1, 0.15) is 5.56 Å². The number of benzene rings is 1. The summed E-state index contributed by atoms with van der Waals surface area (Å²) < 4.78 is 14.7. The Balaban J connectivity index is 3.17. The number of methoxy groups -OCH3 is 2. The fourth-order valence-electron chi connectivity index (χ4n) is 1.46. The van der Waals surface area contributed by atoms with Gasteiger partial charge in [-0.2, -0.15) is 5.10 Å². The molecule has 11 heteroatoms. The summed E-state index contributed by atoms with van der Waals surface area (Å²) in [7, 11) is 2.54. The van der Waals surface area contributed by atoms with E-state index in [1.54, 1.807) is 0 Å². The van der Waals surface area contributed by atoms with E-state index in [2.05, 4.69) is 27.5 Å². The van der Waals surface area contributed by atoms with Gasteiger partial charge in [-0.05, 0) is 18.3 Å². The molecule has 1 aromatic rings. The smallest absolute Gasteiger partial charge is 0.343 e. The predicted octanol–water partition coefficient (Wildman–Crippen LogP) is 0.322. The van der Waals surface area contributed by atoms with Gasteiger partial charge in [0, 0.05) is 0 Å². The summed E-state index contributed by atoms with van der Waals surface area (Å²) in [6.07, 6.45) is 1.16. The molecule has 0 radical (unpaired) electrons. The molecule has 0 heterocycles. The van der Waals surface area contributed by atoms with Crippen molar-refractivity contribution in [2.75, 3.05) is 20.8 Å². The van der Waals surface area contributed by atoms with Crippen molar-refractivity contribution in [2.45, 2.75) is 0 Å². The number of esters is 1. The van der Waals surface area contributed by atoms with Crippen molar-refractivity contribution in [1.82, 2.24) is 5.43 Å². The van der Waals surface area contributed by atoms with E-state index in [-0.39, 0.29) is 27.9 Å². The molecule has 124 valence electrons. The third-order valence-electron chi connectivity index (χ3n) is 2.46. The van der Waals surface area contributed by atoms with E-state index in [1.165, 1.54) is 20.3 Å². The Labute approximate surface area is 136 Å². The van der Waals surface area contributed by atoms with Gasteiger partial charge in [-0.3, -0.25) is 15.5 Å². The Morgan fingerprint density at radius 1 is 1.48 bits per heavy atom. The van der Waals surface area contributed by atoms with Crippen LogP contribution in [0.4, 0.5) is 5.69 Å². The number of hydrazone groups is 1. The van der Waals surface area contributed by atoms with Gasteiger partial charge in [0.2, 0.25) is 0 Å². The van der Waals surface area contributed by atoms with Crippen molar-refractivity contribution in [2.24, 2.45) is 10.8 Å². The van der Waals surface area contributed by atoms with Crippen LogP contribution in [0.5, 0.6) is 11.5 Å². The Kier molecular flexibility index (Phi) is 6.68. The number of hydrogen-bond acceptors (Lipinski definition) is 8. The molecular weight excluding hydrogens is 328 g/mol. The zero-order valence-electron chi connectivity index (χ0n) is 12.3. The molecule has 0 aromatic heterocycles. The van der Waals surface area contributed by atoms with Gasteiger partial charge in [0.05, 0.1) is 37.0 Å². The van der Waals surface area contributed by atoms with E-state index >= 15 is 0 Å². The van der Waals surface area contributed by atoms with Crippen LogP contribution >= 0.6 is 12.2 Å². The highest BCUT2D eigenvalue weighted by molar-refractivity contribution is 7.80. The Hall–Kier alpha value is -2.95. The largest absolute Gasteiger partial charge is 0.493 e. The summed E-state index contributed by atoms with van der Waals surface area (Å²) in [5.74, 6) is -0.443. The minimum Gasteiger partial charge on any atom is -0.493 e. The molecular formula is C12H14N4O6S. The maximum atomic E-state index is 11.1. The van der Waals surface area contributed by atoms with Crippen molar-refractivity contribution in [3.8, 4) is 11.5 Å². The molecule has 1 aromatic carbocycles. The summed E-state index contributed by atoms with van der Waals surface area (Å²) in [6, 6.07) is 2.44. The molecule has 0 aliphatic heterocycles. The summed E-state index contributed by atoms with van der Waals surface area (Å²) in [5.41, 5.74) is 7.30. The first-order valence-electron chi connectivity index (χ1n) is 6.03. The number of nitrogens with zero attached hydrogens (tertiary/aromatic N) is 2. The molecule has 1 rings (SSSR count). The Morgan fingerprint density at radius 2 is 2.17 bits per heavy atom. The van der Waals surface area contributed by atoms with Crippen molar-refractivity contribution in [3.63, 3.8) is 0 Å². The fraction of sp³-hybridized carbons (Fsp3) is 0.250. The van der Waals surface area contributed by atoms with Gasteiger partial charge in [0.15, 0.2) is 23.2 Å². The summed E-state index contributed by atoms with van der Waals surface area (Å²) >= 11 is 4.57. The molecule has 0 aliphatic rings.